The highest BCUT2D eigenvalue weighted by molar-refractivity contribution is 5.78. The van der Waals surface area contributed by atoms with E-state index >= 15 is 0 Å². The van der Waals surface area contributed by atoms with E-state index in [4.69, 9.17) is 9.47 Å². The number of ether oxygens (including phenoxy) is 2. The normalized spacial score (nSPS) is 16.5. The second-order valence-electron chi connectivity index (χ2n) is 5.04. The van der Waals surface area contributed by atoms with Gasteiger partial charge in [-0.05, 0) is 25.8 Å². The van der Waals surface area contributed by atoms with Crippen molar-refractivity contribution >= 4 is 5.91 Å². The van der Waals surface area contributed by atoms with Crippen molar-refractivity contribution in [2.45, 2.75) is 44.6 Å². The summed E-state index contributed by atoms with van der Waals surface area (Å²) in [5.41, 5.74) is 0. The first-order valence-corrected chi connectivity index (χ1v) is 7.39. The van der Waals surface area contributed by atoms with Crippen molar-refractivity contribution in [2.24, 2.45) is 0 Å². The largest absolute Gasteiger partial charge is 0.382 e. The monoisotopic (exact) mass is 272 g/mol. The molecular formula is C14H28N2O3. The van der Waals surface area contributed by atoms with E-state index in [1.165, 1.54) is 19.3 Å². The molecule has 0 aliphatic heterocycles. The summed E-state index contributed by atoms with van der Waals surface area (Å²) in [6, 6.07) is 0.403. The molecule has 0 heterocycles. The average molecular weight is 272 g/mol. The van der Waals surface area contributed by atoms with Gasteiger partial charge in [-0.1, -0.05) is 19.3 Å². The average Bonchev–Trinajstić information content (AvgIpc) is 2.43. The molecule has 19 heavy (non-hydrogen) atoms. The molecule has 0 radical (unpaired) electrons. The minimum atomic E-state index is 0.118. The Bertz CT molecular complexity index is 231. The number of amides is 1. The molecule has 0 aromatic carbocycles. The summed E-state index contributed by atoms with van der Waals surface area (Å²) < 4.78 is 10.2. The zero-order valence-electron chi connectivity index (χ0n) is 12.1. The number of rotatable bonds is 10. The zero-order chi connectivity index (χ0) is 13.8. The van der Waals surface area contributed by atoms with Crippen molar-refractivity contribution in [1.29, 1.82) is 0 Å². The highest BCUT2D eigenvalue weighted by Gasteiger charge is 2.14. The Labute approximate surface area is 116 Å². The molecule has 1 amide bonds. The van der Waals surface area contributed by atoms with Crippen LogP contribution in [0.15, 0.2) is 0 Å². The molecule has 0 atom stereocenters. The van der Waals surface area contributed by atoms with Crippen molar-refractivity contribution in [3.05, 3.63) is 0 Å². The van der Waals surface area contributed by atoms with Gasteiger partial charge < -0.3 is 20.1 Å². The number of hydrogen-bond acceptors (Lipinski definition) is 4. The maximum atomic E-state index is 11.7. The van der Waals surface area contributed by atoms with E-state index in [0.29, 0.717) is 32.4 Å². The Kier molecular flexibility index (Phi) is 9.67. The standard InChI is InChI=1S/C14H28N2O3/c1-18-10-11-19-9-5-8-15-12-14(17)16-13-6-3-2-4-7-13/h13,15H,2-12H2,1H3,(H,16,17). The van der Waals surface area contributed by atoms with Crippen LogP contribution in [0.4, 0.5) is 0 Å². The SMILES string of the molecule is COCCOCCCNCC(=O)NC1CCCCC1. The molecule has 0 unspecified atom stereocenters. The summed E-state index contributed by atoms with van der Waals surface area (Å²) in [4.78, 5) is 11.7. The number of methoxy groups -OCH3 is 1. The lowest BCUT2D eigenvalue weighted by molar-refractivity contribution is -0.121. The Morgan fingerprint density at radius 1 is 1.16 bits per heavy atom. The summed E-state index contributed by atoms with van der Waals surface area (Å²) >= 11 is 0. The highest BCUT2D eigenvalue weighted by atomic mass is 16.5. The predicted octanol–water partition coefficient (Wildman–Crippen LogP) is 1.08. The Hall–Kier alpha value is -0.650. The van der Waals surface area contributed by atoms with Crippen LogP contribution in [0.1, 0.15) is 38.5 Å². The van der Waals surface area contributed by atoms with Gasteiger partial charge in [-0.25, -0.2) is 0 Å². The van der Waals surface area contributed by atoms with Crippen molar-refractivity contribution < 1.29 is 14.3 Å². The molecule has 5 heteroatoms. The molecule has 0 bridgehead atoms. The molecule has 0 saturated heterocycles. The molecule has 1 aliphatic rings. The summed E-state index contributed by atoms with van der Waals surface area (Å²) in [5.74, 6) is 0.118. The molecule has 1 aliphatic carbocycles. The van der Waals surface area contributed by atoms with Crippen LogP contribution in [0.3, 0.4) is 0 Å². The fourth-order valence-corrected chi connectivity index (χ4v) is 2.27. The van der Waals surface area contributed by atoms with E-state index in [2.05, 4.69) is 10.6 Å². The topological polar surface area (TPSA) is 59.6 Å². The third kappa shape index (κ3) is 8.97. The summed E-state index contributed by atoms with van der Waals surface area (Å²) in [5, 5.41) is 6.23. The van der Waals surface area contributed by atoms with E-state index in [1.807, 2.05) is 0 Å². The predicted molar refractivity (Wildman–Crippen MR) is 75.2 cm³/mol. The van der Waals surface area contributed by atoms with Gasteiger partial charge in [0.25, 0.3) is 0 Å². The van der Waals surface area contributed by atoms with Crippen LogP contribution in [-0.2, 0) is 14.3 Å². The maximum absolute atomic E-state index is 11.7. The van der Waals surface area contributed by atoms with Gasteiger partial charge in [-0.3, -0.25) is 4.79 Å². The van der Waals surface area contributed by atoms with Crippen LogP contribution < -0.4 is 10.6 Å². The first-order valence-electron chi connectivity index (χ1n) is 7.39. The number of carbonyl (C=O) groups is 1. The molecule has 1 fully saturated rings. The minimum Gasteiger partial charge on any atom is -0.382 e. The molecule has 112 valence electrons. The Balaban J connectivity index is 1.87. The highest BCUT2D eigenvalue weighted by Crippen LogP contribution is 2.16. The summed E-state index contributed by atoms with van der Waals surface area (Å²) in [7, 11) is 1.66. The van der Waals surface area contributed by atoms with Crippen molar-refractivity contribution in [3.8, 4) is 0 Å². The second kappa shape index (κ2) is 11.2. The quantitative estimate of drug-likeness (QED) is 0.584. The maximum Gasteiger partial charge on any atom is 0.234 e. The fourth-order valence-electron chi connectivity index (χ4n) is 2.27. The fraction of sp³-hybridized carbons (Fsp3) is 0.929. The van der Waals surface area contributed by atoms with Gasteiger partial charge in [0.1, 0.15) is 0 Å². The van der Waals surface area contributed by atoms with Crippen LogP contribution in [0.25, 0.3) is 0 Å². The van der Waals surface area contributed by atoms with E-state index in [0.717, 1.165) is 25.8 Å². The van der Waals surface area contributed by atoms with Crippen LogP contribution >= 0.6 is 0 Å². The van der Waals surface area contributed by atoms with Crippen LogP contribution in [0.5, 0.6) is 0 Å². The smallest absolute Gasteiger partial charge is 0.234 e. The van der Waals surface area contributed by atoms with Gasteiger partial charge >= 0.3 is 0 Å². The third-order valence-electron chi connectivity index (χ3n) is 3.33. The van der Waals surface area contributed by atoms with Gasteiger partial charge in [0.15, 0.2) is 0 Å². The van der Waals surface area contributed by atoms with Crippen molar-refractivity contribution in [3.63, 3.8) is 0 Å². The zero-order valence-corrected chi connectivity index (χ0v) is 12.1. The molecule has 1 rings (SSSR count). The number of hydrogen-bond donors (Lipinski definition) is 2. The van der Waals surface area contributed by atoms with Gasteiger partial charge in [-0.2, -0.15) is 0 Å². The minimum absolute atomic E-state index is 0.118. The van der Waals surface area contributed by atoms with Gasteiger partial charge in [0.2, 0.25) is 5.91 Å². The lowest BCUT2D eigenvalue weighted by atomic mass is 9.95. The van der Waals surface area contributed by atoms with Gasteiger partial charge in [0, 0.05) is 19.8 Å². The summed E-state index contributed by atoms with van der Waals surface area (Å²) in [6.07, 6.45) is 7.00. The van der Waals surface area contributed by atoms with E-state index < -0.39 is 0 Å². The molecule has 0 aromatic rings. The first kappa shape index (κ1) is 16.4. The van der Waals surface area contributed by atoms with E-state index in [1.54, 1.807) is 7.11 Å². The molecular weight excluding hydrogens is 244 g/mol. The molecule has 0 spiro atoms. The molecule has 0 aromatic heterocycles. The second-order valence-corrected chi connectivity index (χ2v) is 5.04. The van der Waals surface area contributed by atoms with Gasteiger partial charge in [0.05, 0.1) is 19.8 Å². The number of nitrogens with one attached hydrogen (secondary N) is 2. The van der Waals surface area contributed by atoms with Crippen LogP contribution in [0, 0.1) is 0 Å². The van der Waals surface area contributed by atoms with Crippen LogP contribution in [0.2, 0.25) is 0 Å². The Morgan fingerprint density at radius 3 is 2.68 bits per heavy atom. The van der Waals surface area contributed by atoms with E-state index in [-0.39, 0.29) is 5.91 Å². The Morgan fingerprint density at radius 2 is 1.95 bits per heavy atom. The van der Waals surface area contributed by atoms with Crippen molar-refractivity contribution in [1.82, 2.24) is 10.6 Å². The number of carbonyl (C=O) groups excluding carboxylic acids is 1. The summed E-state index contributed by atoms with van der Waals surface area (Å²) in [6.45, 7) is 3.20. The third-order valence-corrected chi connectivity index (χ3v) is 3.33. The van der Waals surface area contributed by atoms with Crippen LogP contribution in [-0.4, -0.2) is 52.0 Å². The van der Waals surface area contributed by atoms with Gasteiger partial charge in [-0.15, -0.1) is 0 Å². The molecule has 2 N–H and O–H groups in total. The lowest BCUT2D eigenvalue weighted by Crippen LogP contribution is -2.41. The van der Waals surface area contributed by atoms with E-state index in [9.17, 15) is 4.79 Å². The first-order chi connectivity index (χ1) is 9.33. The lowest BCUT2D eigenvalue weighted by Gasteiger charge is -2.22. The van der Waals surface area contributed by atoms with Crippen molar-refractivity contribution in [2.75, 3.05) is 40.0 Å². The molecule has 5 nitrogen and oxygen atoms in total. The molecule has 1 saturated carbocycles.